The zero-order valence-electron chi connectivity index (χ0n) is 10.7. The van der Waals surface area contributed by atoms with Gasteiger partial charge >= 0.3 is 0 Å². The second-order valence-corrected chi connectivity index (χ2v) is 5.12. The highest BCUT2D eigenvalue weighted by Gasteiger charge is 2.12. The van der Waals surface area contributed by atoms with Crippen molar-refractivity contribution in [1.29, 1.82) is 0 Å². The standard InChI is InChI=1S/C13H21BrN2O/c1-4-10(8-15)9-16(2)12-7-11(14)5-6-13(12)17-3/h5-7,10H,4,8-9,15H2,1-3H3. The van der Waals surface area contributed by atoms with Crippen molar-refractivity contribution in [3.8, 4) is 5.75 Å². The van der Waals surface area contributed by atoms with E-state index in [9.17, 15) is 0 Å². The lowest BCUT2D eigenvalue weighted by Gasteiger charge is -2.26. The molecule has 0 radical (unpaired) electrons. The Balaban J connectivity index is 2.86. The highest BCUT2D eigenvalue weighted by Crippen LogP contribution is 2.31. The average molecular weight is 301 g/mol. The van der Waals surface area contributed by atoms with E-state index in [-0.39, 0.29) is 0 Å². The van der Waals surface area contributed by atoms with E-state index in [1.54, 1.807) is 7.11 Å². The van der Waals surface area contributed by atoms with Crippen LogP contribution >= 0.6 is 15.9 Å². The molecular weight excluding hydrogens is 280 g/mol. The Labute approximate surface area is 112 Å². The molecule has 1 atom stereocenters. The number of halogens is 1. The molecule has 2 N–H and O–H groups in total. The Kier molecular flexibility index (Phi) is 5.78. The third-order valence-electron chi connectivity index (χ3n) is 2.99. The molecule has 3 nitrogen and oxygen atoms in total. The first kappa shape index (κ1) is 14.3. The molecule has 0 saturated carbocycles. The van der Waals surface area contributed by atoms with Crippen LogP contribution in [0, 0.1) is 5.92 Å². The van der Waals surface area contributed by atoms with Gasteiger partial charge in [-0.15, -0.1) is 0 Å². The Morgan fingerprint density at radius 2 is 2.18 bits per heavy atom. The first-order valence-electron chi connectivity index (χ1n) is 5.87. The Morgan fingerprint density at radius 3 is 2.71 bits per heavy atom. The van der Waals surface area contributed by atoms with E-state index in [2.05, 4.69) is 40.9 Å². The lowest BCUT2D eigenvalue weighted by atomic mass is 10.1. The maximum atomic E-state index is 5.74. The van der Waals surface area contributed by atoms with Gasteiger partial charge in [0.1, 0.15) is 5.75 Å². The molecule has 0 aliphatic rings. The molecule has 0 saturated heterocycles. The third-order valence-corrected chi connectivity index (χ3v) is 3.49. The fraction of sp³-hybridized carbons (Fsp3) is 0.538. The van der Waals surface area contributed by atoms with Crippen LogP contribution in [-0.2, 0) is 0 Å². The number of anilines is 1. The molecule has 0 aromatic heterocycles. The molecule has 1 rings (SSSR count). The minimum atomic E-state index is 0.517. The molecule has 1 aromatic rings. The average Bonchev–Trinajstić information content (AvgIpc) is 2.35. The number of nitrogens with two attached hydrogens (primary N) is 1. The van der Waals surface area contributed by atoms with Crippen molar-refractivity contribution in [3.63, 3.8) is 0 Å². The second-order valence-electron chi connectivity index (χ2n) is 4.21. The maximum Gasteiger partial charge on any atom is 0.142 e. The molecule has 0 aliphatic heterocycles. The van der Waals surface area contributed by atoms with Crippen LogP contribution in [0.25, 0.3) is 0 Å². The van der Waals surface area contributed by atoms with Crippen LogP contribution in [0.2, 0.25) is 0 Å². The van der Waals surface area contributed by atoms with Gasteiger partial charge in [0.15, 0.2) is 0 Å². The quantitative estimate of drug-likeness (QED) is 0.878. The number of hydrogen-bond acceptors (Lipinski definition) is 3. The fourth-order valence-corrected chi connectivity index (χ4v) is 2.17. The third kappa shape index (κ3) is 3.89. The van der Waals surface area contributed by atoms with Gasteiger partial charge in [-0.05, 0) is 30.7 Å². The van der Waals surface area contributed by atoms with Crippen molar-refractivity contribution in [3.05, 3.63) is 22.7 Å². The number of nitrogens with zero attached hydrogens (tertiary/aromatic N) is 1. The summed E-state index contributed by atoms with van der Waals surface area (Å²) in [5, 5.41) is 0. The summed E-state index contributed by atoms with van der Waals surface area (Å²) < 4.78 is 6.43. The summed E-state index contributed by atoms with van der Waals surface area (Å²) in [5.74, 6) is 1.41. The number of ether oxygens (including phenoxy) is 1. The number of benzene rings is 1. The van der Waals surface area contributed by atoms with Crippen molar-refractivity contribution < 1.29 is 4.74 Å². The van der Waals surface area contributed by atoms with Gasteiger partial charge in [-0.25, -0.2) is 0 Å². The molecule has 0 heterocycles. The van der Waals surface area contributed by atoms with Crippen molar-refractivity contribution in [2.75, 3.05) is 32.1 Å². The monoisotopic (exact) mass is 300 g/mol. The van der Waals surface area contributed by atoms with Gasteiger partial charge in [0.05, 0.1) is 12.8 Å². The maximum absolute atomic E-state index is 5.74. The molecule has 1 unspecified atom stereocenters. The fourth-order valence-electron chi connectivity index (χ4n) is 1.82. The van der Waals surface area contributed by atoms with Gasteiger partial charge in [0.2, 0.25) is 0 Å². The lowest BCUT2D eigenvalue weighted by Crippen LogP contribution is -2.29. The topological polar surface area (TPSA) is 38.5 Å². The highest BCUT2D eigenvalue weighted by molar-refractivity contribution is 9.10. The minimum absolute atomic E-state index is 0.517. The van der Waals surface area contributed by atoms with Crippen molar-refractivity contribution in [1.82, 2.24) is 0 Å². The van der Waals surface area contributed by atoms with Crippen molar-refractivity contribution in [2.45, 2.75) is 13.3 Å². The molecular formula is C13H21BrN2O. The normalized spacial score (nSPS) is 12.3. The summed E-state index contributed by atoms with van der Waals surface area (Å²) in [6, 6.07) is 6.03. The van der Waals surface area contributed by atoms with Crippen LogP contribution in [0.4, 0.5) is 5.69 Å². The van der Waals surface area contributed by atoms with Crippen molar-refractivity contribution >= 4 is 21.6 Å². The summed E-state index contributed by atoms with van der Waals surface area (Å²) in [4.78, 5) is 2.20. The summed E-state index contributed by atoms with van der Waals surface area (Å²) in [5.41, 5.74) is 6.83. The Bertz CT molecular complexity index is 353. The molecule has 1 aromatic carbocycles. The van der Waals surface area contributed by atoms with E-state index in [1.807, 2.05) is 12.1 Å². The van der Waals surface area contributed by atoms with Gasteiger partial charge in [0.25, 0.3) is 0 Å². The molecule has 0 bridgehead atoms. The van der Waals surface area contributed by atoms with E-state index >= 15 is 0 Å². The summed E-state index contributed by atoms with van der Waals surface area (Å²) in [6.45, 7) is 3.83. The second kappa shape index (κ2) is 6.87. The SMILES string of the molecule is CCC(CN)CN(C)c1cc(Br)ccc1OC. The van der Waals surface area contributed by atoms with E-state index in [0.717, 1.165) is 35.4 Å². The van der Waals surface area contributed by atoms with E-state index < -0.39 is 0 Å². The van der Waals surface area contributed by atoms with E-state index in [0.29, 0.717) is 5.92 Å². The van der Waals surface area contributed by atoms with Crippen LogP contribution in [-0.4, -0.2) is 27.2 Å². The largest absolute Gasteiger partial charge is 0.495 e. The summed E-state index contributed by atoms with van der Waals surface area (Å²) in [7, 11) is 3.77. The molecule has 0 spiro atoms. The van der Waals surface area contributed by atoms with Gasteiger partial charge in [0, 0.05) is 18.1 Å². The van der Waals surface area contributed by atoms with Crippen molar-refractivity contribution in [2.24, 2.45) is 11.7 Å². The highest BCUT2D eigenvalue weighted by atomic mass is 79.9. The molecule has 96 valence electrons. The van der Waals surface area contributed by atoms with E-state index in [4.69, 9.17) is 10.5 Å². The molecule has 0 fully saturated rings. The van der Waals surface area contributed by atoms with Gasteiger partial charge in [-0.2, -0.15) is 0 Å². The Hall–Kier alpha value is -0.740. The number of hydrogen-bond donors (Lipinski definition) is 1. The number of methoxy groups -OCH3 is 1. The predicted octanol–water partition coefficient (Wildman–Crippen LogP) is 2.88. The van der Waals surface area contributed by atoms with Crippen LogP contribution < -0.4 is 15.4 Å². The Morgan fingerprint density at radius 1 is 1.47 bits per heavy atom. The van der Waals surface area contributed by atoms with Gasteiger partial charge < -0.3 is 15.4 Å². The number of rotatable bonds is 6. The van der Waals surface area contributed by atoms with Gasteiger partial charge in [-0.3, -0.25) is 0 Å². The summed E-state index contributed by atoms with van der Waals surface area (Å²) >= 11 is 3.49. The van der Waals surface area contributed by atoms with Crippen LogP contribution in [0.15, 0.2) is 22.7 Å². The molecule has 17 heavy (non-hydrogen) atoms. The first-order valence-corrected chi connectivity index (χ1v) is 6.66. The first-order chi connectivity index (χ1) is 8.12. The predicted molar refractivity (Wildman–Crippen MR) is 76.8 cm³/mol. The molecule has 0 amide bonds. The molecule has 4 heteroatoms. The zero-order chi connectivity index (χ0) is 12.8. The van der Waals surface area contributed by atoms with Crippen LogP contribution in [0.5, 0.6) is 5.75 Å². The minimum Gasteiger partial charge on any atom is -0.495 e. The van der Waals surface area contributed by atoms with Crippen LogP contribution in [0.1, 0.15) is 13.3 Å². The zero-order valence-corrected chi connectivity index (χ0v) is 12.3. The lowest BCUT2D eigenvalue weighted by molar-refractivity contribution is 0.413. The van der Waals surface area contributed by atoms with E-state index in [1.165, 1.54) is 0 Å². The summed E-state index contributed by atoms with van der Waals surface area (Å²) in [6.07, 6.45) is 1.09. The smallest absolute Gasteiger partial charge is 0.142 e. The molecule has 0 aliphatic carbocycles. The van der Waals surface area contributed by atoms with Gasteiger partial charge in [-0.1, -0.05) is 29.3 Å². The van der Waals surface area contributed by atoms with Crippen LogP contribution in [0.3, 0.4) is 0 Å².